The molecule has 1 N–H and O–H groups in total. The summed E-state index contributed by atoms with van der Waals surface area (Å²) in [6, 6.07) is 0. The van der Waals surface area contributed by atoms with E-state index >= 15 is 0 Å². The van der Waals surface area contributed by atoms with E-state index in [9.17, 15) is 9.59 Å². The molecule has 0 bridgehead atoms. The summed E-state index contributed by atoms with van der Waals surface area (Å²) in [4.78, 5) is 23.0. The van der Waals surface area contributed by atoms with Crippen molar-refractivity contribution in [1.82, 2.24) is 0 Å². The fourth-order valence-corrected chi connectivity index (χ4v) is 4.71. The molecule has 0 aliphatic heterocycles. The fraction of sp³-hybridized carbons (Fsp3) is 0.875. The Morgan fingerprint density at radius 1 is 0.611 bits per heavy atom. The molecule has 0 aliphatic rings. The monoisotopic (exact) mass is 508 g/mol. The average molecular weight is 509 g/mol. The van der Waals surface area contributed by atoms with Crippen LogP contribution in [0.4, 0.5) is 0 Å². The third-order valence-electron chi connectivity index (χ3n) is 7.02. The van der Waals surface area contributed by atoms with Crippen LogP contribution in [0.25, 0.3) is 0 Å². The van der Waals surface area contributed by atoms with Crippen LogP contribution >= 0.6 is 0 Å². The smallest absolute Gasteiger partial charge is 0.309 e. The van der Waals surface area contributed by atoms with Gasteiger partial charge in [-0.1, -0.05) is 135 Å². The summed E-state index contributed by atoms with van der Waals surface area (Å²) in [7, 11) is 0. The van der Waals surface area contributed by atoms with Gasteiger partial charge in [-0.2, -0.15) is 0 Å². The zero-order valence-electron chi connectivity index (χ0n) is 24.1. The Balaban J connectivity index is 3.37. The minimum absolute atomic E-state index is 0.111. The minimum Gasteiger partial charge on any atom is -0.481 e. The zero-order chi connectivity index (χ0) is 26.5. The van der Waals surface area contributed by atoms with E-state index in [-0.39, 0.29) is 12.4 Å². The molecule has 0 rings (SSSR count). The number of esters is 1. The maximum atomic E-state index is 12.0. The number of allylic oxidation sites excluding steroid dienone is 2. The number of ether oxygens (including phenoxy) is 1. The molecule has 0 aromatic carbocycles. The number of hydrogen-bond donors (Lipinski definition) is 1. The lowest BCUT2D eigenvalue weighted by Crippen LogP contribution is -2.21. The van der Waals surface area contributed by atoms with Gasteiger partial charge in [-0.25, -0.2) is 0 Å². The summed E-state index contributed by atoms with van der Waals surface area (Å²) in [5.41, 5.74) is 0. The quantitative estimate of drug-likeness (QED) is 0.0648. The average Bonchev–Trinajstić information content (AvgIpc) is 2.86. The predicted molar refractivity (Wildman–Crippen MR) is 153 cm³/mol. The van der Waals surface area contributed by atoms with Crippen LogP contribution in [-0.2, 0) is 14.3 Å². The Morgan fingerprint density at radius 3 is 1.44 bits per heavy atom. The Labute approximate surface area is 224 Å². The molecular weight excluding hydrogens is 448 g/mol. The van der Waals surface area contributed by atoms with E-state index in [0.29, 0.717) is 13.0 Å². The predicted octanol–water partition coefficient (Wildman–Crippen LogP) is 10.2. The summed E-state index contributed by atoms with van der Waals surface area (Å²) in [6.07, 6.45) is 33.6. The van der Waals surface area contributed by atoms with E-state index in [1.165, 1.54) is 122 Å². The van der Waals surface area contributed by atoms with Gasteiger partial charge in [0.1, 0.15) is 0 Å². The Morgan fingerprint density at radius 2 is 1.03 bits per heavy atom. The van der Waals surface area contributed by atoms with E-state index in [0.717, 1.165) is 19.3 Å². The normalized spacial score (nSPS) is 12.3. The van der Waals surface area contributed by atoms with Crippen LogP contribution in [0, 0.1) is 5.92 Å². The highest BCUT2D eigenvalue weighted by molar-refractivity contribution is 5.79. The standard InChI is InChI=1S/C32H60O4/c1-3-5-6-7-8-9-10-11-12-13-14-15-16-17-18-19-20-21-22-23-24-25-26-27-30(29-31(33)34)32(35)36-28-4-2/h8-9,30H,3-7,10-29H2,1-2H3,(H,33,34)/b9-8+. The van der Waals surface area contributed by atoms with Crippen molar-refractivity contribution in [3.63, 3.8) is 0 Å². The third-order valence-corrected chi connectivity index (χ3v) is 7.02. The van der Waals surface area contributed by atoms with E-state index in [4.69, 9.17) is 9.84 Å². The molecule has 0 radical (unpaired) electrons. The highest BCUT2D eigenvalue weighted by Crippen LogP contribution is 2.18. The summed E-state index contributed by atoms with van der Waals surface area (Å²) in [6.45, 7) is 4.59. The van der Waals surface area contributed by atoms with Gasteiger partial charge in [0.05, 0.1) is 18.9 Å². The molecule has 0 amide bonds. The Kier molecular flexibility index (Phi) is 27.2. The van der Waals surface area contributed by atoms with Gasteiger partial charge in [0, 0.05) is 0 Å². The summed E-state index contributed by atoms with van der Waals surface area (Å²) >= 11 is 0. The Hall–Kier alpha value is -1.32. The van der Waals surface area contributed by atoms with Crippen LogP contribution in [0.15, 0.2) is 12.2 Å². The molecule has 1 unspecified atom stereocenters. The molecular formula is C32H60O4. The van der Waals surface area contributed by atoms with Crippen LogP contribution in [0.1, 0.15) is 168 Å². The van der Waals surface area contributed by atoms with Gasteiger partial charge in [-0.05, 0) is 38.5 Å². The Bertz CT molecular complexity index is 514. The topological polar surface area (TPSA) is 63.6 Å². The van der Waals surface area contributed by atoms with Crippen molar-refractivity contribution in [2.45, 2.75) is 168 Å². The van der Waals surface area contributed by atoms with Gasteiger partial charge in [0.2, 0.25) is 0 Å². The molecule has 0 fully saturated rings. The number of unbranched alkanes of at least 4 members (excludes halogenated alkanes) is 19. The molecule has 1 atom stereocenters. The van der Waals surface area contributed by atoms with E-state index in [1.807, 2.05) is 6.92 Å². The number of rotatable bonds is 28. The molecule has 0 heterocycles. The molecule has 0 spiro atoms. The molecule has 0 aliphatic carbocycles. The molecule has 212 valence electrons. The van der Waals surface area contributed by atoms with E-state index < -0.39 is 11.9 Å². The van der Waals surface area contributed by atoms with Crippen molar-refractivity contribution in [1.29, 1.82) is 0 Å². The maximum Gasteiger partial charge on any atom is 0.309 e. The van der Waals surface area contributed by atoms with E-state index in [1.54, 1.807) is 0 Å². The molecule has 4 heteroatoms. The molecule has 0 saturated carbocycles. The highest BCUT2D eigenvalue weighted by Gasteiger charge is 2.22. The van der Waals surface area contributed by atoms with Crippen LogP contribution in [0.2, 0.25) is 0 Å². The van der Waals surface area contributed by atoms with Crippen molar-refractivity contribution < 1.29 is 19.4 Å². The zero-order valence-corrected chi connectivity index (χ0v) is 24.1. The second-order valence-electron chi connectivity index (χ2n) is 10.7. The highest BCUT2D eigenvalue weighted by atomic mass is 16.5. The first-order valence-corrected chi connectivity index (χ1v) is 15.6. The van der Waals surface area contributed by atoms with Gasteiger partial charge >= 0.3 is 11.9 Å². The van der Waals surface area contributed by atoms with Crippen molar-refractivity contribution in [3.05, 3.63) is 12.2 Å². The lowest BCUT2D eigenvalue weighted by Gasteiger charge is -2.13. The van der Waals surface area contributed by atoms with Gasteiger partial charge in [0.25, 0.3) is 0 Å². The van der Waals surface area contributed by atoms with Gasteiger partial charge in [-0.3, -0.25) is 9.59 Å². The number of carboxylic acids is 1. The number of carboxylic acid groups (broad SMARTS) is 1. The lowest BCUT2D eigenvalue weighted by molar-refractivity contribution is -0.153. The van der Waals surface area contributed by atoms with Crippen LogP contribution < -0.4 is 0 Å². The minimum atomic E-state index is -0.916. The van der Waals surface area contributed by atoms with Crippen molar-refractivity contribution in [2.75, 3.05) is 6.61 Å². The van der Waals surface area contributed by atoms with Gasteiger partial charge < -0.3 is 9.84 Å². The lowest BCUT2D eigenvalue weighted by atomic mass is 9.97. The van der Waals surface area contributed by atoms with E-state index in [2.05, 4.69) is 19.1 Å². The first-order chi connectivity index (χ1) is 17.6. The second-order valence-corrected chi connectivity index (χ2v) is 10.7. The second kappa shape index (κ2) is 28.3. The molecule has 0 aromatic heterocycles. The third kappa shape index (κ3) is 25.8. The largest absolute Gasteiger partial charge is 0.481 e. The molecule has 36 heavy (non-hydrogen) atoms. The molecule has 4 nitrogen and oxygen atoms in total. The fourth-order valence-electron chi connectivity index (χ4n) is 4.71. The molecule has 0 saturated heterocycles. The summed E-state index contributed by atoms with van der Waals surface area (Å²) in [5.74, 6) is -1.74. The maximum absolute atomic E-state index is 12.0. The first-order valence-electron chi connectivity index (χ1n) is 15.6. The van der Waals surface area contributed by atoms with Crippen molar-refractivity contribution in [2.24, 2.45) is 5.92 Å². The summed E-state index contributed by atoms with van der Waals surface area (Å²) in [5, 5.41) is 9.03. The number of aliphatic carboxylic acids is 1. The van der Waals surface area contributed by atoms with Gasteiger partial charge in [0.15, 0.2) is 0 Å². The van der Waals surface area contributed by atoms with Crippen molar-refractivity contribution in [3.8, 4) is 0 Å². The first kappa shape index (κ1) is 34.7. The SMILES string of the molecule is CCCCC/C=C/CCCCCCCCCCCCCCCCCCC(CC(=O)O)C(=O)OCCC. The number of hydrogen-bond acceptors (Lipinski definition) is 3. The number of carbonyl (C=O) groups is 2. The molecule has 0 aromatic rings. The van der Waals surface area contributed by atoms with Gasteiger partial charge in [-0.15, -0.1) is 0 Å². The number of carbonyl (C=O) groups excluding carboxylic acids is 1. The summed E-state index contributed by atoms with van der Waals surface area (Å²) < 4.78 is 5.15. The van der Waals surface area contributed by atoms with Crippen molar-refractivity contribution >= 4 is 11.9 Å². The van der Waals surface area contributed by atoms with Crippen LogP contribution in [0.3, 0.4) is 0 Å². The van der Waals surface area contributed by atoms with Crippen LogP contribution in [0.5, 0.6) is 0 Å². The van der Waals surface area contributed by atoms with Crippen LogP contribution in [-0.4, -0.2) is 23.7 Å².